The minimum Gasteiger partial charge on any atom is -0.0622 e. The second-order valence-electron chi connectivity index (χ2n) is 31.2. The first-order valence-corrected chi connectivity index (χ1v) is 43.9. The molecule has 0 unspecified atom stereocenters. The zero-order valence-corrected chi connectivity index (χ0v) is 72.7. The van der Waals surface area contributed by atoms with Crippen molar-refractivity contribution in [3.05, 3.63) is 578 Å². The number of hydrogen-bond acceptors (Lipinski definition) is 0. The van der Waals surface area contributed by atoms with Crippen LogP contribution in [0.4, 0.5) is 0 Å². The van der Waals surface area contributed by atoms with Crippen molar-refractivity contribution in [2.75, 3.05) is 0 Å². The van der Waals surface area contributed by atoms with Crippen molar-refractivity contribution < 1.29 is 16.5 Å². The van der Waals surface area contributed by atoms with E-state index in [0.29, 0.717) is 0 Å². The Morgan fingerprint density at radius 2 is 0.209 bits per heavy atom. The SMILES string of the molecule is C(=Cc1ccc(-c2ccccc2)c(-c2ccccc2)c1-c1ccccc1)c1ccccc1.C(=Cc1ccc(-c2ccccc2)c(-c2ccccc2)c1-c1ccccc1)c1ccccc1.C(=Cc1ccc(-c2ccccc2)c(-c2ccccc2)c1-c1ccccc1)c1ccccc1.C(=Cc1ccc(-c2ccccc2)c(-c2ccccc2)c1-c1ccccc1)c1ccccc1.[Ni]. The summed E-state index contributed by atoms with van der Waals surface area (Å²) >= 11 is 0. The molecule has 20 aromatic carbocycles. The van der Waals surface area contributed by atoms with E-state index in [1.165, 1.54) is 178 Å². The van der Waals surface area contributed by atoms with Crippen LogP contribution in [0, 0.1) is 0 Å². The van der Waals surface area contributed by atoms with Crippen LogP contribution in [0.3, 0.4) is 0 Å². The maximum Gasteiger partial charge on any atom is 0 e. The van der Waals surface area contributed by atoms with Crippen molar-refractivity contribution >= 4 is 48.6 Å². The Balaban J connectivity index is 0.000000126. The Bertz CT molecular complexity index is 6140. The molecule has 0 spiro atoms. The van der Waals surface area contributed by atoms with E-state index < -0.39 is 0 Å². The average Bonchev–Trinajstić information content (AvgIpc) is 0.781. The molecule has 0 saturated heterocycles. The number of hydrogen-bond donors (Lipinski definition) is 0. The summed E-state index contributed by atoms with van der Waals surface area (Å²) in [5.74, 6) is 0. The molecule has 0 radical (unpaired) electrons. The molecule has 0 aliphatic carbocycles. The predicted octanol–water partition coefficient (Wildman–Crippen LogP) is 35.4. The summed E-state index contributed by atoms with van der Waals surface area (Å²) in [5, 5.41) is 0. The first kappa shape index (κ1) is 86.4. The molecular weight excluding hydrogens is 1600 g/mol. The van der Waals surface area contributed by atoms with E-state index in [2.05, 4.69) is 582 Å². The summed E-state index contributed by atoms with van der Waals surface area (Å²) in [6.07, 6.45) is 17.7. The summed E-state index contributed by atoms with van der Waals surface area (Å²) in [4.78, 5) is 0. The van der Waals surface area contributed by atoms with Gasteiger partial charge in [0.2, 0.25) is 0 Å². The van der Waals surface area contributed by atoms with Gasteiger partial charge in [-0.25, -0.2) is 0 Å². The second-order valence-corrected chi connectivity index (χ2v) is 31.2. The standard InChI is InChI=1S/4C32H24.Ni/c4*1-5-13-25(14-6-1)21-22-29-23-24-30(26-15-7-2-8-16-26)32(28-19-11-4-12-20-28)31(29)27-17-9-3-10-18-27;/h4*1-24H;. The molecule has 0 amide bonds. The van der Waals surface area contributed by atoms with Gasteiger partial charge < -0.3 is 0 Å². The minimum atomic E-state index is 0. The second kappa shape index (κ2) is 44.4. The number of benzene rings is 20. The van der Waals surface area contributed by atoms with E-state index in [1.807, 2.05) is 0 Å². The van der Waals surface area contributed by atoms with Crippen molar-refractivity contribution in [1.82, 2.24) is 0 Å². The van der Waals surface area contributed by atoms with E-state index >= 15 is 0 Å². The van der Waals surface area contributed by atoms with E-state index in [9.17, 15) is 0 Å². The van der Waals surface area contributed by atoms with Crippen LogP contribution in [0.25, 0.3) is 182 Å². The van der Waals surface area contributed by atoms with Crippen molar-refractivity contribution in [2.24, 2.45) is 0 Å². The Labute approximate surface area is 771 Å². The summed E-state index contributed by atoms with van der Waals surface area (Å²) in [6, 6.07) is 188. The van der Waals surface area contributed by atoms with E-state index in [-0.39, 0.29) is 16.5 Å². The first-order chi connectivity index (χ1) is 63.6. The van der Waals surface area contributed by atoms with E-state index in [4.69, 9.17) is 0 Å². The van der Waals surface area contributed by atoms with Crippen LogP contribution in [0.2, 0.25) is 0 Å². The molecule has 0 heterocycles. The third-order valence-corrected chi connectivity index (χ3v) is 22.8. The molecule has 0 fully saturated rings. The first-order valence-electron chi connectivity index (χ1n) is 43.9. The fourth-order valence-corrected chi connectivity index (χ4v) is 16.7. The van der Waals surface area contributed by atoms with Gasteiger partial charge in [-0.05, 0) is 178 Å². The van der Waals surface area contributed by atoms with Crippen LogP contribution >= 0.6 is 0 Å². The molecule has 0 aliphatic heterocycles. The Morgan fingerprint density at radius 1 is 0.0930 bits per heavy atom. The van der Waals surface area contributed by atoms with Gasteiger partial charge in [0.15, 0.2) is 0 Å². The molecule has 0 nitrogen and oxygen atoms in total. The fourth-order valence-electron chi connectivity index (χ4n) is 16.7. The Kier molecular flexibility index (Phi) is 29.8. The van der Waals surface area contributed by atoms with Gasteiger partial charge in [0.05, 0.1) is 0 Å². The normalized spacial score (nSPS) is 10.9. The maximum absolute atomic E-state index is 2.26. The van der Waals surface area contributed by atoms with Crippen LogP contribution in [0.15, 0.2) is 534 Å². The van der Waals surface area contributed by atoms with Crippen LogP contribution in [0.5, 0.6) is 0 Å². The van der Waals surface area contributed by atoms with Gasteiger partial charge in [-0.15, -0.1) is 0 Å². The molecule has 0 bridgehead atoms. The minimum absolute atomic E-state index is 0. The average molecular weight is 1690 g/mol. The van der Waals surface area contributed by atoms with Gasteiger partial charge in [-0.2, -0.15) is 0 Å². The van der Waals surface area contributed by atoms with Gasteiger partial charge >= 0.3 is 0 Å². The van der Waals surface area contributed by atoms with Crippen LogP contribution in [-0.2, 0) is 16.5 Å². The van der Waals surface area contributed by atoms with E-state index in [0.717, 1.165) is 0 Å². The van der Waals surface area contributed by atoms with Crippen molar-refractivity contribution in [1.29, 1.82) is 0 Å². The quantitative estimate of drug-likeness (QED) is 0.0527. The molecule has 0 saturated carbocycles. The summed E-state index contributed by atoms with van der Waals surface area (Å²) in [6.45, 7) is 0. The van der Waals surface area contributed by atoms with E-state index in [1.54, 1.807) is 0 Å². The van der Waals surface area contributed by atoms with Gasteiger partial charge in [-0.1, -0.05) is 582 Å². The number of rotatable bonds is 20. The molecular formula is C128H96Ni. The molecule has 20 rings (SSSR count). The summed E-state index contributed by atoms with van der Waals surface area (Å²) < 4.78 is 0. The molecule has 0 aromatic heterocycles. The Morgan fingerprint density at radius 3 is 0.349 bits per heavy atom. The zero-order valence-electron chi connectivity index (χ0n) is 71.7. The molecule has 0 atom stereocenters. The monoisotopic (exact) mass is 1690 g/mol. The van der Waals surface area contributed by atoms with Crippen molar-refractivity contribution in [3.8, 4) is 134 Å². The molecule has 20 aromatic rings. The zero-order chi connectivity index (χ0) is 86.4. The van der Waals surface area contributed by atoms with Crippen molar-refractivity contribution in [3.63, 3.8) is 0 Å². The van der Waals surface area contributed by atoms with Crippen LogP contribution < -0.4 is 0 Å². The Hall–Kier alpha value is -16.1. The van der Waals surface area contributed by atoms with Crippen molar-refractivity contribution in [2.45, 2.75) is 0 Å². The largest absolute Gasteiger partial charge is 0.0622 e. The predicted molar refractivity (Wildman–Crippen MR) is 552 cm³/mol. The fraction of sp³-hybridized carbons (Fsp3) is 0. The maximum atomic E-state index is 2.26. The van der Waals surface area contributed by atoms with Gasteiger partial charge in [0.1, 0.15) is 0 Å². The van der Waals surface area contributed by atoms with Gasteiger partial charge in [0, 0.05) is 16.5 Å². The molecule has 1 heteroatoms. The molecule has 0 aliphatic rings. The summed E-state index contributed by atoms with van der Waals surface area (Å²) in [7, 11) is 0. The third-order valence-electron chi connectivity index (χ3n) is 22.8. The van der Waals surface area contributed by atoms with Crippen LogP contribution in [-0.4, -0.2) is 0 Å². The van der Waals surface area contributed by atoms with Gasteiger partial charge in [-0.3, -0.25) is 0 Å². The third kappa shape index (κ3) is 22.0. The topological polar surface area (TPSA) is 0 Å². The summed E-state index contributed by atoms with van der Waals surface area (Å²) in [5.41, 5.74) is 39.3. The molecule has 0 N–H and O–H groups in total. The van der Waals surface area contributed by atoms with Gasteiger partial charge in [0.25, 0.3) is 0 Å². The molecule has 129 heavy (non-hydrogen) atoms. The molecule has 618 valence electrons. The smallest absolute Gasteiger partial charge is 0 e. The van der Waals surface area contributed by atoms with Crippen LogP contribution in [0.1, 0.15) is 44.5 Å².